The summed E-state index contributed by atoms with van der Waals surface area (Å²) in [5.74, 6) is 0.445. The van der Waals surface area contributed by atoms with E-state index >= 15 is 0 Å². The fourth-order valence-corrected chi connectivity index (χ4v) is 6.06. The number of sulfonamides is 1. The van der Waals surface area contributed by atoms with E-state index in [2.05, 4.69) is 5.10 Å². The third kappa shape index (κ3) is 5.11. The van der Waals surface area contributed by atoms with Crippen LogP contribution in [0.2, 0.25) is 0 Å². The van der Waals surface area contributed by atoms with Gasteiger partial charge in [-0.1, -0.05) is 18.2 Å². The van der Waals surface area contributed by atoms with Gasteiger partial charge < -0.3 is 9.64 Å². The van der Waals surface area contributed by atoms with Gasteiger partial charge in [0.2, 0.25) is 15.9 Å². The Labute approximate surface area is 207 Å². The zero-order chi connectivity index (χ0) is 25.2. The number of hydrogen-bond acceptors (Lipinski definition) is 5. The van der Waals surface area contributed by atoms with E-state index in [0.29, 0.717) is 38.2 Å². The standard InChI is InChI=1S/C26H32N4O4S/c1-19-25(20(2)30(27-19)22-8-6-5-7-9-22)18-28(3)26(31)21-14-16-29(17-15-21)35(32,33)24-12-10-23(34-4)11-13-24/h5-13,21H,14-18H2,1-4H3. The first kappa shape index (κ1) is 24.9. The number of ether oxygens (including phenoxy) is 1. The summed E-state index contributed by atoms with van der Waals surface area (Å²) in [4.78, 5) is 15.2. The first-order valence-corrected chi connectivity index (χ1v) is 13.2. The SMILES string of the molecule is COc1ccc(S(=O)(=O)N2CCC(C(=O)N(C)Cc3c(C)nn(-c4ccccc4)c3C)CC2)cc1. The van der Waals surface area contributed by atoms with Crippen molar-refractivity contribution in [3.05, 3.63) is 71.5 Å². The Balaban J connectivity index is 1.39. The van der Waals surface area contributed by atoms with Gasteiger partial charge in [0.25, 0.3) is 0 Å². The lowest BCUT2D eigenvalue weighted by Gasteiger charge is -2.32. The molecule has 0 radical (unpaired) electrons. The molecule has 1 aromatic heterocycles. The van der Waals surface area contributed by atoms with Gasteiger partial charge in [-0.25, -0.2) is 13.1 Å². The van der Waals surface area contributed by atoms with Crippen molar-refractivity contribution in [2.45, 2.75) is 38.1 Å². The maximum atomic E-state index is 13.2. The van der Waals surface area contributed by atoms with Gasteiger partial charge in [-0.15, -0.1) is 0 Å². The summed E-state index contributed by atoms with van der Waals surface area (Å²) in [5, 5.41) is 4.68. The Morgan fingerprint density at radius 3 is 2.29 bits per heavy atom. The molecule has 0 aliphatic carbocycles. The molecule has 0 N–H and O–H groups in total. The number of amides is 1. The maximum absolute atomic E-state index is 13.2. The molecule has 1 aliphatic rings. The predicted molar refractivity (Wildman–Crippen MR) is 134 cm³/mol. The van der Waals surface area contributed by atoms with Gasteiger partial charge in [0.05, 0.1) is 23.4 Å². The first-order chi connectivity index (χ1) is 16.7. The molecule has 0 unspecified atom stereocenters. The van der Waals surface area contributed by atoms with Gasteiger partial charge in [-0.3, -0.25) is 4.79 Å². The van der Waals surface area contributed by atoms with Gasteiger partial charge in [0, 0.05) is 43.9 Å². The van der Waals surface area contributed by atoms with Gasteiger partial charge in [0.15, 0.2) is 0 Å². The molecule has 35 heavy (non-hydrogen) atoms. The van der Waals surface area contributed by atoms with Crippen LogP contribution in [0.1, 0.15) is 29.8 Å². The van der Waals surface area contributed by atoms with E-state index < -0.39 is 10.0 Å². The van der Waals surface area contributed by atoms with Crippen molar-refractivity contribution in [3.8, 4) is 11.4 Å². The molecule has 0 bridgehead atoms. The maximum Gasteiger partial charge on any atom is 0.243 e. The summed E-state index contributed by atoms with van der Waals surface area (Å²) in [7, 11) is -0.249. The van der Waals surface area contributed by atoms with Crippen LogP contribution in [0.25, 0.3) is 5.69 Å². The average molecular weight is 497 g/mol. The molecular formula is C26H32N4O4S. The van der Waals surface area contributed by atoms with E-state index in [1.807, 2.05) is 55.9 Å². The number of para-hydroxylation sites is 1. The van der Waals surface area contributed by atoms with Crippen LogP contribution in [0.15, 0.2) is 59.5 Å². The normalized spacial score (nSPS) is 15.2. The topological polar surface area (TPSA) is 84.7 Å². The summed E-state index contributed by atoms with van der Waals surface area (Å²) < 4.78 is 34.5. The number of rotatable bonds is 7. The van der Waals surface area contributed by atoms with Crippen molar-refractivity contribution in [1.29, 1.82) is 0 Å². The number of carbonyl (C=O) groups excluding carboxylic acids is 1. The highest BCUT2D eigenvalue weighted by Gasteiger charge is 2.33. The largest absolute Gasteiger partial charge is 0.497 e. The van der Waals surface area contributed by atoms with Crippen LogP contribution in [0, 0.1) is 19.8 Å². The Bertz CT molecular complexity index is 1280. The third-order valence-electron chi connectivity index (χ3n) is 6.71. The number of nitrogens with zero attached hydrogens (tertiary/aromatic N) is 4. The fourth-order valence-electron chi connectivity index (χ4n) is 4.59. The van der Waals surface area contributed by atoms with Crippen molar-refractivity contribution >= 4 is 15.9 Å². The molecule has 1 aliphatic heterocycles. The zero-order valence-electron chi connectivity index (χ0n) is 20.6. The van der Waals surface area contributed by atoms with Crippen LogP contribution >= 0.6 is 0 Å². The van der Waals surface area contributed by atoms with E-state index in [0.717, 1.165) is 22.6 Å². The summed E-state index contributed by atoms with van der Waals surface area (Å²) in [5.41, 5.74) is 3.92. The Morgan fingerprint density at radius 2 is 1.69 bits per heavy atom. The monoisotopic (exact) mass is 496 g/mol. The highest BCUT2D eigenvalue weighted by atomic mass is 32.2. The van der Waals surface area contributed by atoms with E-state index in [-0.39, 0.29) is 16.7 Å². The number of aryl methyl sites for hydroxylation is 1. The zero-order valence-corrected chi connectivity index (χ0v) is 21.5. The first-order valence-electron chi connectivity index (χ1n) is 11.7. The van der Waals surface area contributed by atoms with Gasteiger partial charge in [-0.2, -0.15) is 9.40 Å². The average Bonchev–Trinajstić information content (AvgIpc) is 3.17. The number of piperidine rings is 1. The molecule has 0 spiro atoms. The Morgan fingerprint density at radius 1 is 1.06 bits per heavy atom. The summed E-state index contributed by atoms with van der Waals surface area (Å²) in [6.45, 7) is 5.09. The van der Waals surface area contributed by atoms with Crippen LogP contribution in [0.5, 0.6) is 5.75 Å². The lowest BCUT2D eigenvalue weighted by molar-refractivity contribution is -0.135. The van der Waals surface area contributed by atoms with E-state index in [9.17, 15) is 13.2 Å². The second kappa shape index (κ2) is 10.2. The quantitative estimate of drug-likeness (QED) is 0.499. The fraction of sp³-hybridized carbons (Fsp3) is 0.385. The molecule has 2 aromatic carbocycles. The molecule has 3 aromatic rings. The Kier molecular flexibility index (Phi) is 7.28. The molecule has 8 nitrogen and oxygen atoms in total. The van der Waals surface area contributed by atoms with E-state index in [4.69, 9.17) is 4.74 Å². The van der Waals surface area contributed by atoms with Crippen LogP contribution < -0.4 is 4.74 Å². The number of methoxy groups -OCH3 is 1. The summed E-state index contributed by atoms with van der Waals surface area (Å²) in [6.07, 6.45) is 1.000. The van der Waals surface area contributed by atoms with Crippen LogP contribution in [-0.4, -0.2) is 60.6 Å². The van der Waals surface area contributed by atoms with Gasteiger partial charge in [-0.05, 0) is 63.1 Å². The second-order valence-corrected chi connectivity index (χ2v) is 10.9. The van der Waals surface area contributed by atoms with Gasteiger partial charge >= 0.3 is 0 Å². The molecule has 9 heteroatoms. The van der Waals surface area contributed by atoms with E-state index in [1.165, 1.54) is 4.31 Å². The highest BCUT2D eigenvalue weighted by Crippen LogP contribution is 2.27. The second-order valence-electron chi connectivity index (χ2n) is 8.94. The minimum atomic E-state index is -3.60. The van der Waals surface area contributed by atoms with Crippen molar-refractivity contribution in [1.82, 2.24) is 19.0 Å². The molecule has 1 saturated heterocycles. The van der Waals surface area contributed by atoms with Crippen molar-refractivity contribution < 1.29 is 17.9 Å². The molecule has 0 saturated carbocycles. The van der Waals surface area contributed by atoms with Crippen molar-refractivity contribution in [3.63, 3.8) is 0 Å². The molecule has 2 heterocycles. The number of carbonyl (C=O) groups is 1. The molecule has 186 valence electrons. The van der Waals surface area contributed by atoms with Crippen LogP contribution in [0.4, 0.5) is 0 Å². The lowest BCUT2D eigenvalue weighted by Crippen LogP contribution is -2.43. The molecule has 4 rings (SSSR count). The Hall–Kier alpha value is -3.17. The van der Waals surface area contributed by atoms with Crippen LogP contribution in [0.3, 0.4) is 0 Å². The van der Waals surface area contributed by atoms with Crippen molar-refractivity contribution in [2.24, 2.45) is 5.92 Å². The third-order valence-corrected chi connectivity index (χ3v) is 8.63. The molecule has 1 amide bonds. The molecule has 1 fully saturated rings. The van der Waals surface area contributed by atoms with Crippen LogP contribution in [-0.2, 0) is 21.4 Å². The number of hydrogen-bond donors (Lipinski definition) is 0. The predicted octanol–water partition coefficient (Wildman–Crippen LogP) is 3.56. The van der Waals surface area contributed by atoms with E-state index in [1.54, 1.807) is 36.3 Å². The lowest BCUT2D eigenvalue weighted by atomic mass is 9.96. The van der Waals surface area contributed by atoms with Gasteiger partial charge in [0.1, 0.15) is 5.75 Å². The minimum Gasteiger partial charge on any atom is -0.497 e. The summed E-state index contributed by atoms with van der Waals surface area (Å²) >= 11 is 0. The minimum absolute atomic E-state index is 0.0396. The highest BCUT2D eigenvalue weighted by molar-refractivity contribution is 7.89. The van der Waals surface area contributed by atoms with Crippen molar-refractivity contribution in [2.75, 3.05) is 27.2 Å². The smallest absolute Gasteiger partial charge is 0.243 e. The number of aromatic nitrogens is 2. The molecule has 0 atom stereocenters. The molecular weight excluding hydrogens is 464 g/mol. The summed E-state index contributed by atoms with van der Waals surface area (Å²) in [6, 6.07) is 16.3. The number of benzene rings is 2.